The van der Waals surface area contributed by atoms with Gasteiger partial charge in [0, 0.05) is 13.2 Å². The summed E-state index contributed by atoms with van der Waals surface area (Å²) in [7, 11) is 1.31. The van der Waals surface area contributed by atoms with Crippen molar-refractivity contribution in [3.63, 3.8) is 0 Å². The molecule has 0 radical (unpaired) electrons. The predicted octanol–water partition coefficient (Wildman–Crippen LogP) is 1.71. The molecule has 0 aromatic heterocycles. The molecule has 0 saturated heterocycles. The van der Waals surface area contributed by atoms with Crippen LogP contribution in [0.4, 0.5) is 15.8 Å². The number of ether oxygens (including phenoxy) is 1. The van der Waals surface area contributed by atoms with Crippen LogP contribution < -0.4 is 5.32 Å². The van der Waals surface area contributed by atoms with Crippen molar-refractivity contribution in [2.24, 2.45) is 0 Å². The van der Waals surface area contributed by atoms with Crippen molar-refractivity contribution in [3.05, 3.63) is 34.1 Å². The summed E-state index contributed by atoms with van der Waals surface area (Å²) in [5, 5.41) is 12.8. The number of benzene rings is 1. The molecule has 7 heteroatoms. The standard InChI is InChI=1S/C10H11FN2O4/c1-6(17-2)10(14)12-9-7(11)4-3-5-8(9)13(15)16/h3-6H,1-2H3,(H,12,14). The molecule has 6 nitrogen and oxygen atoms in total. The first kappa shape index (κ1) is 13.0. The maximum absolute atomic E-state index is 13.4. The van der Waals surface area contributed by atoms with Crippen molar-refractivity contribution in [2.75, 3.05) is 12.4 Å². The Morgan fingerprint density at radius 2 is 2.24 bits per heavy atom. The molecule has 1 aromatic carbocycles. The molecule has 0 bridgehead atoms. The zero-order chi connectivity index (χ0) is 13.0. The average molecular weight is 242 g/mol. The van der Waals surface area contributed by atoms with E-state index in [-0.39, 0.29) is 0 Å². The Balaban J connectivity index is 3.05. The first-order valence-electron chi connectivity index (χ1n) is 4.74. The van der Waals surface area contributed by atoms with Crippen LogP contribution >= 0.6 is 0 Å². The molecule has 1 N–H and O–H groups in total. The van der Waals surface area contributed by atoms with Crippen molar-refractivity contribution < 1.29 is 18.8 Å². The lowest BCUT2D eigenvalue weighted by Crippen LogP contribution is -2.27. The normalized spacial score (nSPS) is 11.9. The summed E-state index contributed by atoms with van der Waals surface area (Å²) < 4.78 is 18.1. The summed E-state index contributed by atoms with van der Waals surface area (Å²) in [5.74, 6) is -1.52. The highest BCUT2D eigenvalue weighted by atomic mass is 19.1. The van der Waals surface area contributed by atoms with E-state index in [9.17, 15) is 19.3 Å². The van der Waals surface area contributed by atoms with Gasteiger partial charge in [-0.15, -0.1) is 0 Å². The van der Waals surface area contributed by atoms with E-state index < -0.39 is 34.1 Å². The van der Waals surface area contributed by atoms with E-state index in [0.29, 0.717) is 0 Å². The van der Waals surface area contributed by atoms with Crippen LogP contribution in [0.15, 0.2) is 18.2 Å². The Hall–Kier alpha value is -2.02. The molecule has 0 aliphatic carbocycles. The van der Waals surface area contributed by atoms with Gasteiger partial charge in [0.05, 0.1) is 4.92 Å². The molecule has 0 fully saturated rings. The van der Waals surface area contributed by atoms with Crippen LogP contribution in [0.3, 0.4) is 0 Å². The molecule has 1 amide bonds. The number of nitro benzene ring substituents is 1. The zero-order valence-corrected chi connectivity index (χ0v) is 9.27. The van der Waals surface area contributed by atoms with Gasteiger partial charge in [-0.1, -0.05) is 6.07 Å². The number of nitro groups is 1. The van der Waals surface area contributed by atoms with Gasteiger partial charge in [0.25, 0.3) is 11.6 Å². The molecule has 17 heavy (non-hydrogen) atoms. The summed E-state index contributed by atoms with van der Waals surface area (Å²) >= 11 is 0. The van der Waals surface area contributed by atoms with Gasteiger partial charge >= 0.3 is 0 Å². The lowest BCUT2D eigenvalue weighted by Gasteiger charge is -2.10. The number of rotatable bonds is 4. The van der Waals surface area contributed by atoms with Crippen LogP contribution in [-0.4, -0.2) is 24.0 Å². The molecule has 0 spiro atoms. The lowest BCUT2D eigenvalue weighted by molar-refractivity contribution is -0.384. The second-order valence-corrected chi connectivity index (χ2v) is 3.26. The predicted molar refractivity (Wildman–Crippen MR) is 58.2 cm³/mol. The number of amides is 1. The highest BCUT2D eigenvalue weighted by molar-refractivity contribution is 5.96. The van der Waals surface area contributed by atoms with Gasteiger partial charge in [-0.25, -0.2) is 4.39 Å². The summed E-state index contributed by atoms with van der Waals surface area (Å²) in [6.07, 6.45) is -0.825. The van der Waals surface area contributed by atoms with Crippen LogP contribution in [0.25, 0.3) is 0 Å². The smallest absolute Gasteiger partial charge is 0.295 e. The number of methoxy groups -OCH3 is 1. The van der Waals surface area contributed by atoms with Crippen LogP contribution in [0.5, 0.6) is 0 Å². The van der Waals surface area contributed by atoms with Gasteiger partial charge in [-0.3, -0.25) is 14.9 Å². The third-order valence-corrected chi connectivity index (χ3v) is 2.16. The summed E-state index contributed by atoms with van der Waals surface area (Å²) in [5.41, 5.74) is -0.951. The quantitative estimate of drug-likeness (QED) is 0.643. The molecule has 92 valence electrons. The van der Waals surface area contributed by atoms with Crippen molar-refractivity contribution in [2.45, 2.75) is 13.0 Å². The number of para-hydroxylation sites is 1. The average Bonchev–Trinajstić information content (AvgIpc) is 2.30. The SMILES string of the molecule is COC(C)C(=O)Nc1c(F)cccc1[N+](=O)[O-]. The van der Waals surface area contributed by atoms with E-state index in [1.165, 1.54) is 20.1 Å². The highest BCUT2D eigenvalue weighted by Gasteiger charge is 2.22. The number of nitrogens with one attached hydrogen (secondary N) is 1. The van der Waals surface area contributed by atoms with E-state index in [2.05, 4.69) is 5.32 Å². The first-order valence-corrected chi connectivity index (χ1v) is 4.74. The number of hydrogen-bond acceptors (Lipinski definition) is 4. The monoisotopic (exact) mass is 242 g/mol. The van der Waals surface area contributed by atoms with Gasteiger partial charge in [0.1, 0.15) is 6.10 Å². The number of nitrogens with zero attached hydrogens (tertiary/aromatic N) is 1. The minimum absolute atomic E-state index is 0.452. The molecule has 0 saturated carbocycles. The first-order chi connectivity index (χ1) is 7.97. The van der Waals surface area contributed by atoms with E-state index in [4.69, 9.17) is 4.74 Å². The highest BCUT2D eigenvalue weighted by Crippen LogP contribution is 2.27. The largest absolute Gasteiger partial charge is 0.372 e. The van der Waals surface area contributed by atoms with E-state index in [0.717, 1.165) is 12.1 Å². The Kier molecular flexibility index (Phi) is 4.11. The summed E-state index contributed by atoms with van der Waals surface area (Å²) in [6, 6.07) is 3.33. The second-order valence-electron chi connectivity index (χ2n) is 3.26. The Labute approximate surface area is 96.5 Å². The van der Waals surface area contributed by atoms with Crippen molar-refractivity contribution >= 4 is 17.3 Å². The molecule has 1 aromatic rings. The van der Waals surface area contributed by atoms with E-state index in [1.807, 2.05) is 0 Å². The third-order valence-electron chi connectivity index (χ3n) is 2.16. The molecule has 0 aliphatic heterocycles. The van der Waals surface area contributed by atoms with Crippen LogP contribution in [0.1, 0.15) is 6.92 Å². The fourth-order valence-electron chi connectivity index (χ4n) is 1.12. The Morgan fingerprint density at radius 1 is 1.59 bits per heavy atom. The minimum Gasteiger partial charge on any atom is -0.372 e. The summed E-state index contributed by atoms with van der Waals surface area (Å²) in [4.78, 5) is 21.3. The van der Waals surface area contributed by atoms with Gasteiger partial charge in [-0.05, 0) is 13.0 Å². The Morgan fingerprint density at radius 3 is 2.76 bits per heavy atom. The molecule has 0 aliphatic rings. The zero-order valence-electron chi connectivity index (χ0n) is 9.27. The lowest BCUT2D eigenvalue weighted by atomic mass is 10.2. The molecule has 1 atom stereocenters. The molecule has 1 rings (SSSR count). The number of halogens is 1. The number of hydrogen-bond donors (Lipinski definition) is 1. The fourth-order valence-corrected chi connectivity index (χ4v) is 1.12. The molecule has 0 heterocycles. The van der Waals surface area contributed by atoms with E-state index >= 15 is 0 Å². The van der Waals surface area contributed by atoms with E-state index in [1.54, 1.807) is 0 Å². The maximum Gasteiger partial charge on any atom is 0.295 e. The minimum atomic E-state index is -0.865. The van der Waals surface area contributed by atoms with Crippen molar-refractivity contribution in [3.8, 4) is 0 Å². The van der Waals surface area contributed by atoms with Crippen molar-refractivity contribution in [1.82, 2.24) is 0 Å². The number of carbonyl (C=O) groups is 1. The van der Waals surface area contributed by atoms with Crippen molar-refractivity contribution in [1.29, 1.82) is 0 Å². The van der Waals surface area contributed by atoms with Gasteiger partial charge in [0.2, 0.25) is 0 Å². The van der Waals surface area contributed by atoms with Gasteiger partial charge in [-0.2, -0.15) is 0 Å². The molecular weight excluding hydrogens is 231 g/mol. The molecular formula is C10H11FN2O4. The number of carbonyl (C=O) groups excluding carboxylic acids is 1. The summed E-state index contributed by atoms with van der Waals surface area (Å²) in [6.45, 7) is 1.45. The topological polar surface area (TPSA) is 81.5 Å². The van der Waals surface area contributed by atoms with Crippen LogP contribution in [-0.2, 0) is 9.53 Å². The van der Waals surface area contributed by atoms with Gasteiger partial charge < -0.3 is 10.1 Å². The van der Waals surface area contributed by atoms with Gasteiger partial charge in [0.15, 0.2) is 11.5 Å². The second kappa shape index (κ2) is 5.35. The number of anilines is 1. The molecule has 1 unspecified atom stereocenters. The Bertz CT molecular complexity index is 450. The van der Waals surface area contributed by atoms with Crippen LogP contribution in [0.2, 0.25) is 0 Å². The fraction of sp³-hybridized carbons (Fsp3) is 0.300. The maximum atomic E-state index is 13.4. The third kappa shape index (κ3) is 2.97. The van der Waals surface area contributed by atoms with Crippen LogP contribution in [0, 0.1) is 15.9 Å².